The number of carbonyl (C=O) groups excluding carboxylic acids is 5. The van der Waals surface area contributed by atoms with Crippen LogP contribution in [0.25, 0.3) is 0 Å². The van der Waals surface area contributed by atoms with E-state index in [0.29, 0.717) is 0 Å². The molecule has 0 bridgehead atoms. The van der Waals surface area contributed by atoms with Gasteiger partial charge in [0, 0.05) is 0 Å². The van der Waals surface area contributed by atoms with E-state index in [-0.39, 0.29) is 32.1 Å². The van der Waals surface area contributed by atoms with Crippen molar-refractivity contribution in [1.82, 2.24) is 16.0 Å². The third kappa shape index (κ3) is 11.5. The topological polar surface area (TPSA) is 166 Å². The Morgan fingerprint density at radius 2 is 1.61 bits per heavy atom. The molecular formula is C22H32N4O7. The van der Waals surface area contributed by atoms with E-state index in [2.05, 4.69) is 16.0 Å². The summed E-state index contributed by atoms with van der Waals surface area (Å²) >= 11 is 0. The van der Waals surface area contributed by atoms with Crippen LogP contribution in [0.15, 0.2) is 30.3 Å². The number of rotatable bonds is 13. The fourth-order valence-corrected chi connectivity index (χ4v) is 2.79. The summed E-state index contributed by atoms with van der Waals surface area (Å²) in [5.41, 5.74) is 5.95. The molecule has 0 aromatic heterocycles. The van der Waals surface area contributed by atoms with Crippen LogP contribution in [0, 0.1) is 5.92 Å². The van der Waals surface area contributed by atoms with Crippen LogP contribution in [-0.2, 0) is 35.3 Å². The largest absolute Gasteiger partial charge is 0.465 e. The molecule has 0 heterocycles. The van der Waals surface area contributed by atoms with Crippen molar-refractivity contribution in [3.05, 3.63) is 35.9 Å². The molecule has 0 radical (unpaired) electrons. The van der Waals surface area contributed by atoms with Gasteiger partial charge < -0.3 is 31.2 Å². The molecular weight excluding hydrogens is 432 g/mol. The standard InChI is InChI=1S/C22H32N4O7/c1-4-32-19(28)12-24-20(29)16(10-14(2)3)25-21(30)17(11-18(23)27)26-22(31)33-13-15-8-6-5-7-9-15/h5-9,14,16-17H,4,10-13H2,1-3H3,(H2,23,27)(H,24,29)(H,25,30)(H,26,31)/t16-,17-/m0/s1. The molecule has 2 atom stereocenters. The lowest BCUT2D eigenvalue weighted by molar-refractivity contribution is -0.143. The summed E-state index contributed by atoms with van der Waals surface area (Å²) in [6.45, 7) is 5.10. The SMILES string of the molecule is CCOC(=O)CNC(=O)[C@H](CC(C)C)NC(=O)[C@H](CC(N)=O)NC(=O)OCc1ccccc1. The van der Waals surface area contributed by atoms with E-state index >= 15 is 0 Å². The molecule has 182 valence electrons. The average Bonchev–Trinajstić information content (AvgIpc) is 2.75. The van der Waals surface area contributed by atoms with Crippen LogP contribution in [0.5, 0.6) is 0 Å². The third-order valence-corrected chi connectivity index (χ3v) is 4.28. The highest BCUT2D eigenvalue weighted by molar-refractivity contribution is 5.94. The highest BCUT2D eigenvalue weighted by atomic mass is 16.5. The van der Waals surface area contributed by atoms with Crippen molar-refractivity contribution in [1.29, 1.82) is 0 Å². The lowest BCUT2D eigenvalue weighted by atomic mass is 10.0. The number of hydrogen-bond donors (Lipinski definition) is 4. The van der Waals surface area contributed by atoms with Crippen molar-refractivity contribution in [3.8, 4) is 0 Å². The van der Waals surface area contributed by atoms with E-state index in [9.17, 15) is 24.0 Å². The van der Waals surface area contributed by atoms with Gasteiger partial charge >= 0.3 is 12.1 Å². The summed E-state index contributed by atoms with van der Waals surface area (Å²) in [4.78, 5) is 60.4. The van der Waals surface area contributed by atoms with Gasteiger partial charge in [0.1, 0.15) is 25.2 Å². The van der Waals surface area contributed by atoms with Crippen molar-refractivity contribution < 1.29 is 33.4 Å². The number of nitrogens with two attached hydrogens (primary N) is 1. The fraction of sp³-hybridized carbons (Fsp3) is 0.500. The van der Waals surface area contributed by atoms with Gasteiger partial charge in [0.15, 0.2) is 0 Å². The monoisotopic (exact) mass is 464 g/mol. The second-order valence-corrected chi connectivity index (χ2v) is 7.64. The normalized spacial score (nSPS) is 12.2. The molecule has 0 aliphatic carbocycles. The van der Waals surface area contributed by atoms with Crippen LogP contribution in [-0.4, -0.2) is 55.0 Å². The Hall–Kier alpha value is -3.63. The Morgan fingerprint density at radius 1 is 0.939 bits per heavy atom. The van der Waals surface area contributed by atoms with E-state index in [1.807, 2.05) is 19.9 Å². The molecule has 0 aliphatic heterocycles. The molecule has 4 amide bonds. The summed E-state index contributed by atoms with van der Waals surface area (Å²) in [6.07, 6.45) is -1.17. The molecule has 0 unspecified atom stereocenters. The zero-order chi connectivity index (χ0) is 24.8. The zero-order valence-electron chi connectivity index (χ0n) is 19.1. The van der Waals surface area contributed by atoms with Gasteiger partial charge in [-0.15, -0.1) is 0 Å². The Balaban J connectivity index is 2.77. The number of nitrogens with one attached hydrogen (secondary N) is 3. The van der Waals surface area contributed by atoms with Crippen LogP contribution >= 0.6 is 0 Å². The number of amides is 4. The fourth-order valence-electron chi connectivity index (χ4n) is 2.79. The molecule has 11 heteroatoms. The van der Waals surface area contributed by atoms with Crippen LogP contribution < -0.4 is 21.7 Å². The minimum Gasteiger partial charge on any atom is -0.465 e. The lowest BCUT2D eigenvalue weighted by Crippen LogP contribution is -2.55. The molecule has 33 heavy (non-hydrogen) atoms. The van der Waals surface area contributed by atoms with E-state index in [0.717, 1.165) is 5.56 Å². The number of esters is 1. The zero-order valence-corrected chi connectivity index (χ0v) is 19.1. The van der Waals surface area contributed by atoms with Gasteiger partial charge in [-0.3, -0.25) is 19.2 Å². The smallest absolute Gasteiger partial charge is 0.408 e. The predicted octanol–water partition coefficient (Wildman–Crippen LogP) is 0.367. The van der Waals surface area contributed by atoms with Gasteiger partial charge in [-0.05, 0) is 24.8 Å². The molecule has 1 rings (SSSR count). The van der Waals surface area contributed by atoms with Crippen molar-refractivity contribution in [2.24, 2.45) is 11.7 Å². The van der Waals surface area contributed by atoms with Crippen molar-refractivity contribution >= 4 is 29.8 Å². The first-order valence-corrected chi connectivity index (χ1v) is 10.6. The molecule has 0 saturated heterocycles. The van der Waals surface area contributed by atoms with E-state index in [1.165, 1.54) is 0 Å². The van der Waals surface area contributed by atoms with Crippen LogP contribution in [0.1, 0.15) is 39.2 Å². The highest BCUT2D eigenvalue weighted by Crippen LogP contribution is 2.07. The Morgan fingerprint density at radius 3 is 2.18 bits per heavy atom. The number of primary amides is 1. The van der Waals surface area contributed by atoms with Gasteiger partial charge in [0.2, 0.25) is 17.7 Å². The summed E-state index contributed by atoms with van der Waals surface area (Å²) in [7, 11) is 0. The molecule has 1 aromatic rings. The summed E-state index contributed by atoms with van der Waals surface area (Å²) < 4.78 is 9.84. The van der Waals surface area contributed by atoms with Gasteiger partial charge in [-0.2, -0.15) is 0 Å². The number of alkyl carbamates (subject to hydrolysis) is 1. The second-order valence-electron chi connectivity index (χ2n) is 7.64. The number of hydrogen-bond acceptors (Lipinski definition) is 7. The molecule has 5 N–H and O–H groups in total. The van der Waals surface area contributed by atoms with Crippen molar-refractivity contribution in [2.75, 3.05) is 13.2 Å². The van der Waals surface area contributed by atoms with Gasteiger partial charge in [-0.25, -0.2) is 4.79 Å². The van der Waals surface area contributed by atoms with Crippen LogP contribution in [0.2, 0.25) is 0 Å². The van der Waals surface area contributed by atoms with Crippen molar-refractivity contribution in [3.63, 3.8) is 0 Å². The lowest BCUT2D eigenvalue weighted by Gasteiger charge is -2.23. The summed E-state index contributed by atoms with van der Waals surface area (Å²) in [6, 6.07) is 6.53. The quantitative estimate of drug-likeness (QED) is 0.306. The van der Waals surface area contributed by atoms with E-state index < -0.39 is 48.3 Å². The Bertz CT molecular complexity index is 814. The maximum Gasteiger partial charge on any atom is 0.408 e. The second kappa shape index (κ2) is 14.4. The molecule has 0 fully saturated rings. The van der Waals surface area contributed by atoms with Gasteiger partial charge in [0.25, 0.3) is 0 Å². The molecule has 0 saturated carbocycles. The van der Waals surface area contributed by atoms with E-state index in [4.69, 9.17) is 15.2 Å². The third-order valence-electron chi connectivity index (χ3n) is 4.28. The highest BCUT2D eigenvalue weighted by Gasteiger charge is 2.29. The molecule has 1 aromatic carbocycles. The maximum atomic E-state index is 12.8. The first-order chi connectivity index (χ1) is 15.6. The maximum absolute atomic E-state index is 12.8. The minimum absolute atomic E-state index is 0.0158. The average molecular weight is 465 g/mol. The van der Waals surface area contributed by atoms with Gasteiger partial charge in [0.05, 0.1) is 13.0 Å². The first kappa shape index (κ1) is 27.4. The number of carbonyl (C=O) groups is 5. The first-order valence-electron chi connectivity index (χ1n) is 10.6. The minimum atomic E-state index is -1.35. The number of ether oxygens (including phenoxy) is 2. The number of benzene rings is 1. The Labute approximate surface area is 192 Å². The predicted molar refractivity (Wildman–Crippen MR) is 118 cm³/mol. The summed E-state index contributed by atoms with van der Waals surface area (Å²) in [5.74, 6) is -2.82. The van der Waals surface area contributed by atoms with Crippen LogP contribution in [0.3, 0.4) is 0 Å². The van der Waals surface area contributed by atoms with Crippen LogP contribution in [0.4, 0.5) is 4.79 Å². The molecule has 0 spiro atoms. The molecule has 0 aliphatic rings. The molecule has 11 nitrogen and oxygen atoms in total. The van der Waals surface area contributed by atoms with E-state index in [1.54, 1.807) is 31.2 Å². The Kier molecular flexibility index (Phi) is 12.0. The van der Waals surface area contributed by atoms with Gasteiger partial charge in [-0.1, -0.05) is 44.2 Å². The summed E-state index contributed by atoms with van der Waals surface area (Å²) in [5, 5.41) is 7.22. The van der Waals surface area contributed by atoms with Crippen molar-refractivity contribution in [2.45, 2.75) is 52.3 Å².